The molecule has 0 aliphatic rings. The lowest BCUT2D eigenvalue weighted by atomic mass is 9.97. The van der Waals surface area contributed by atoms with Crippen LogP contribution in [0.4, 0.5) is 0 Å². The summed E-state index contributed by atoms with van der Waals surface area (Å²) in [5, 5.41) is 0. The van der Waals surface area contributed by atoms with E-state index in [9.17, 15) is 8.42 Å². The van der Waals surface area contributed by atoms with Gasteiger partial charge in [-0.2, -0.15) is 0 Å². The van der Waals surface area contributed by atoms with Gasteiger partial charge in [0.1, 0.15) is 0 Å². The minimum absolute atomic E-state index is 0.0971. The molecule has 0 aromatic heterocycles. The summed E-state index contributed by atoms with van der Waals surface area (Å²) in [6.07, 6.45) is 5.38. The quantitative estimate of drug-likeness (QED) is 0.807. The zero-order valence-corrected chi connectivity index (χ0v) is 12.3. The normalized spacial score (nSPS) is 12.7. The molecule has 2 N–H and O–H groups in total. The molecule has 0 unspecified atom stereocenters. The summed E-state index contributed by atoms with van der Waals surface area (Å²) in [5.74, 6) is 0. The van der Waals surface area contributed by atoms with E-state index in [2.05, 4.69) is 0 Å². The van der Waals surface area contributed by atoms with Crippen LogP contribution in [0.2, 0.25) is 0 Å². The molecule has 1 aromatic carbocycles. The molecule has 0 fully saturated rings. The van der Waals surface area contributed by atoms with Gasteiger partial charge in [0.25, 0.3) is 0 Å². The highest BCUT2D eigenvalue weighted by Crippen LogP contribution is 2.14. The van der Waals surface area contributed by atoms with Crippen molar-refractivity contribution in [2.75, 3.05) is 6.26 Å². The Hall–Kier alpha value is -0.870. The summed E-state index contributed by atoms with van der Waals surface area (Å²) in [6, 6.07) is 7.14. The van der Waals surface area contributed by atoms with Gasteiger partial charge in [-0.25, -0.2) is 8.42 Å². The van der Waals surface area contributed by atoms with Crippen molar-refractivity contribution < 1.29 is 8.42 Å². The van der Waals surface area contributed by atoms with Gasteiger partial charge in [-0.1, -0.05) is 18.6 Å². The maximum Gasteiger partial charge on any atom is 0.175 e. The average Bonchev–Trinajstić information content (AvgIpc) is 2.22. The SMILES string of the molecule is CC(C)(N)CCCCc1ccc(S(C)(=O)=O)cc1. The van der Waals surface area contributed by atoms with E-state index in [4.69, 9.17) is 5.73 Å². The standard InChI is InChI=1S/C14H23NO2S/c1-14(2,15)11-5-4-6-12-7-9-13(10-8-12)18(3,16)17/h7-10H,4-6,11,15H2,1-3H3. The first-order valence-corrected chi connectivity index (χ1v) is 8.15. The molecule has 0 radical (unpaired) electrons. The zero-order chi connectivity index (χ0) is 13.8. The summed E-state index contributed by atoms with van der Waals surface area (Å²) in [7, 11) is -3.08. The fourth-order valence-electron chi connectivity index (χ4n) is 1.81. The van der Waals surface area contributed by atoms with Crippen LogP contribution < -0.4 is 5.73 Å². The number of aryl methyl sites for hydroxylation is 1. The van der Waals surface area contributed by atoms with Crippen molar-refractivity contribution in [1.82, 2.24) is 0 Å². The van der Waals surface area contributed by atoms with Crippen molar-refractivity contribution in [1.29, 1.82) is 0 Å². The van der Waals surface area contributed by atoms with Gasteiger partial charge >= 0.3 is 0 Å². The van der Waals surface area contributed by atoms with Gasteiger partial charge in [0.05, 0.1) is 4.90 Å². The maximum absolute atomic E-state index is 11.3. The van der Waals surface area contributed by atoms with Crippen LogP contribution in [0.15, 0.2) is 29.2 Å². The van der Waals surface area contributed by atoms with Crippen LogP contribution in [0.25, 0.3) is 0 Å². The Kier molecular flexibility index (Phi) is 4.93. The van der Waals surface area contributed by atoms with Crippen LogP contribution in [-0.2, 0) is 16.3 Å². The number of hydrogen-bond acceptors (Lipinski definition) is 3. The lowest BCUT2D eigenvalue weighted by Gasteiger charge is -2.17. The largest absolute Gasteiger partial charge is 0.326 e. The van der Waals surface area contributed by atoms with E-state index < -0.39 is 9.84 Å². The minimum Gasteiger partial charge on any atom is -0.326 e. The first-order chi connectivity index (χ1) is 8.18. The van der Waals surface area contributed by atoms with E-state index in [-0.39, 0.29) is 5.54 Å². The van der Waals surface area contributed by atoms with Gasteiger partial charge in [0, 0.05) is 11.8 Å². The predicted molar refractivity (Wildman–Crippen MR) is 75.4 cm³/mol. The molecule has 0 saturated heterocycles. The molecule has 102 valence electrons. The Bertz CT molecular complexity index is 470. The lowest BCUT2D eigenvalue weighted by Crippen LogP contribution is -2.31. The second-order valence-corrected chi connectivity index (χ2v) is 7.63. The number of benzene rings is 1. The molecule has 0 atom stereocenters. The summed E-state index contributed by atoms with van der Waals surface area (Å²) < 4.78 is 22.6. The van der Waals surface area contributed by atoms with Gasteiger partial charge in [-0.3, -0.25) is 0 Å². The van der Waals surface area contributed by atoms with Crippen LogP contribution in [0, 0.1) is 0 Å². The van der Waals surface area contributed by atoms with Crippen molar-refractivity contribution >= 4 is 9.84 Å². The number of hydrogen-bond donors (Lipinski definition) is 1. The highest BCUT2D eigenvalue weighted by molar-refractivity contribution is 7.90. The van der Waals surface area contributed by atoms with Crippen molar-refractivity contribution in [3.8, 4) is 0 Å². The van der Waals surface area contributed by atoms with Gasteiger partial charge < -0.3 is 5.73 Å². The monoisotopic (exact) mass is 269 g/mol. The number of sulfone groups is 1. The molecule has 4 heteroatoms. The van der Waals surface area contributed by atoms with Crippen molar-refractivity contribution in [3.63, 3.8) is 0 Å². The molecule has 18 heavy (non-hydrogen) atoms. The Labute approximate surface area is 110 Å². The Morgan fingerprint density at radius 1 is 1.11 bits per heavy atom. The highest BCUT2D eigenvalue weighted by atomic mass is 32.2. The van der Waals surface area contributed by atoms with Crippen molar-refractivity contribution in [3.05, 3.63) is 29.8 Å². The predicted octanol–water partition coefficient (Wildman–Crippen LogP) is 2.54. The average molecular weight is 269 g/mol. The third-order valence-electron chi connectivity index (χ3n) is 2.89. The van der Waals surface area contributed by atoms with Crippen LogP contribution in [0.5, 0.6) is 0 Å². The van der Waals surface area contributed by atoms with E-state index in [1.54, 1.807) is 12.1 Å². The first kappa shape index (κ1) is 15.2. The van der Waals surface area contributed by atoms with Gasteiger partial charge in [-0.05, 0) is 50.8 Å². The summed E-state index contributed by atoms with van der Waals surface area (Å²) in [5.41, 5.74) is 7.00. The highest BCUT2D eigenvalue weighted by Gasteiger charge is 2.09. The number of unbranched alkanes of at least 4 members (excludes halogenated alkanes) is 1. The second-order valence-electron chi connectivity index (χ2n) is 5.61. The second kappa shape index (κ2) is 5.85. The van der Waals surface area contributed by atoms with E-state index in [1.165, 1.54) is 11.8 Å². The number of nitrogens with two attached hydrogens (primary N) is 1. The van der Waals surface area contributed by atoms with Crippen LogP contribution in [0.1, 0.15) is 38.7 Å². The maximum atomic E-state index is 11.3. The molecule has 0 aliphatic heterocycles. The molecular weight excluding hydrogens is 246 g/mol. The molecule has 0 aliphatic carbocycles. The van der Waals surface area contributed by atoms with Gasteiger partial charge in [-0.15, -0.1) is 0 Å². The topological polar surface area (TPSA) is 60.2 Å². The Morgan fingerprint density at radius 2 is 1.67 bits per heavy atom. The van der Waals surface area contributed by atoms with E-state index in [0.717, 1.165) is 25.7 Å². The fraction of sp³-hybridized carbons (Fsp3) is 0.571. The Balaban J connectivity index is 2.45. The van der Waals surface area contributed by atoms with Gasteiger partial charge in [0.15, 0.2) is 9.84 Å². The van der Waals surface area contributed by atoms with Crippen molar-refractivity contribution in [2.45, 2.75) is 50.0 Å². The van der Waals surface area contributed by atoms with E-state index >= 15 is 0 Å². The third kappa shape index (κ3) is 5.65. The minimum atomic E-state index is -3.08. The lowest BCUT2D eigenvalue weighted by molar-refractivity contribution is 0.450. The van der Waals surface area contributed by atoms with E-state index in [0.29, 0.717) is 4.90 Å². The molecule has 3 nitrogen and oxygen atoms in total. The van der Waals surface area contributed by atoms with Crippen LogP contribution in [-0.4, -0.2) is 20.2 Å². The first-order valence-electron chi connectivity index (χ1n) is 6.26. The van der Waals surface area contributed by atoms with Crippen LogP contribution >= 0.6 is 0 Å². The molecule has 0 spiro atoms. The molecule has 0 bridgehead atoms. The molecule has 1 aromatic rings. The molecular formula is C14H23NO2S. The van der Waals surface area contributed by atoms with E-state index in [1.807, 2.05) is 26.0 Å². The summed E-state index contributed by atoms with van der Waals surface area (Å²) in [4.78, 5) is 0.384. The van der Waals surface area contributed by atoms with Gasteiger partial charge in [0.2, 0.25) is 0 Å². The molecule has 1 rings (SSSR count). The van der Waals surface area contributed by atoms with Crippen molar-refractivity contribution in [2.24, 2.45) is 5.73 Å². The smallest absolute Gasteiger partial charge is 0.175 e. The summed E-state index contributed by atoms with van der Waals surface area (Å²) in [6.45, 7) is 4.07. The fourth-order valence-corrected chi connectivity index (χ4v) is 2.44. The third-order valence-corrected chi connectivity index (χ3v) is 4.02. The number of rotatable bonds is 6. The summed E-state index contributed by atoms with van der Waals surface area (Å²) >= 11 is 0. The van der Waals surface area contributed by atoms with Crippen LogP contribution in [0.3, 0.4) is 0 Å². The molecule has 0 saturated carbocycles. The molecule has 0 amide bonds. The zero-order valence-electron chi connectivity index (χ0n) is 11.4. The molecule has 0 heterocycles. The Morgan fingerprint density at radius 3 is 2.11 bits per heavy atom.